The van der Waals surface area contributed by atoms with Gasteiger partial charge in [-0.05, 0) is 32.4 Å². The first-order chi connectivity index (χ1) is 9.19. The molecule has 19 heavy (non-hydrogen) atoms. The first-order valence-electron chi connectivity index (χ1n) is 6.17. The van der Waals surface area contributed by atoms with Crippen molar-refractivity contribution < 1.29 is 0 Å². The summed E-state index contributed by atoms with van der Waals surface area (Å²) in [4.78, 5) is 10.3. The molecular formula is C13H13Cl2N3S. The lowest BCUT2D eigenvalue weighted by Crippen LogP contribution is -2.19. The van der Waals surface area contributed by atoms with E-state index >= 15 is 0 Å². The molecule has 3 rings (SSSR count). The van der Waals surface area contributed by atoms with Crippen LogP contribution in [0.15, 0.2) is 12.3 Å². The number of thiazole rings is 1. The van der Waals surface area contributed by atoms with Crippen LogP contribution in [0.2, 0.25) is 10.0 Å². The molecule has 0 aromatic carbocycles. The summed E-state index contributed by atoms with van der Waals surface area (Å²) in [5, 5.41) is 5.33. The lowest BCUT2D eigenvalue weighted by Gasteiger charge is -2.19. The van der Waals surface area contributed by atoms with Gasteiger partial charge in [0.05, 0.1) is 15.7 Å². The molecule has 0 aliphatic heterocycles. The van der Waals surface area contributed by atoms with Crippen LogP contribution >= 0.6 is 34.5 Å². The Morgan fingerprint density at radius 1 is 1.42 bits per heavy atom. The highest BCUT2D eigenvalue weighted by molar-refractivity contribution is 7.15. The van der Waals surface area contributed by atoms with Gasteiger partial charge in [-0.25, -0.2) is 4.98 Å². The van der Waals surface area contributed by atoms with Crippen molar-refractivity contribution in [3.05, 3.63) is 32.9 Å². The van der Waals surface area contributed by atoms with Crippen LogP contribution in [-0.2, 0) is 6.42 Å². The molecule has 2 heterocycles. The molecule has 1 aliphatic carbocycles. The van der Waals surface area contributed by atoms with Crippen molar-refractivity contribution >= 4 is 34.5 Å². The summed E-state index contributed by atoms with van der Waals surface area (Å²) < 4.78 is 0. The van der Waals surface area contributed by atoms with E-state index in [1.807, 2.05) is 7.05 Å². The second-order valence-corrected chi connectivity index (χ2v) is 6.42. The Bertz CT molecular complexity index is 612. The molecule has 0 radical (unpaired) electrons. The molecule has 2 aromatic rings. The number of hydrogen-bond acceptors (Lipinski definition) is 4. The van der Waals surface area contributed by atoms with Crippen molar-refractivity contribution in [1.82, 2.24) is 15.3 Å². The van der Waals surface area contributed by atoms with Crippen LogP contribution in [0.3, 0.4) is 0 Å². The summed E-state index contributed by atoms with van der Waals surface area (Å²) in [7, 11) is 1.99. The van der Waals surface area contributed by atoms with Gasteiger partial charge in [-0.15, -0.1) is 11.3 Å². The highest BCUT2D eigenvalue weighted by atomic mass is 35.5. The molecule has 0 spiro atoms. The lowest BCUT2D eigenvalue weighted by atomic mass is 9.98. The molecule has 0 fully saturated rings. The van der Waals surface area contributed by atoms with E-state index in [1.54, 1.807) is 23.6 Å². The second kappa shape index (κ2) is 5.37. The standard InChI is InChI=1S/C13H13Cl2N3S/c1-16-9-3-2-4-10-12(9)19-13(18-10)11-8(15)5-7(14)6-17-11/h5-6,9,16H,2-4H2,1H3. The van der Waals surface area contributed by atoms with E-state index in [-0.39, 0.29) is 0 Å². The monoisotopic (exact) mass is 313 g/mol. The molecule has 0 amide bonds. The summed E-state index contributed by atoms with van der Waals surface area (Å²) in [6, 6.07) is 2.11. The van der Waals surface area contributed by atoms with Crippen molar-refractivity contribution in [1.29, 1.82) is 0 Å². The fraction of sp³-hybridized carbons (Fsp3) is 0.385. The molecule has 2 aromatic heterocycles. The maximum Gasteiger partial charge on any atom is 0.143 e. The van der Waals surface area contributed by atoms with Gasteiger partial charge in [-0.1, -0.05) is 23.2 Å². The Kier molecular flexibility index (Phi) is 3.76. The average molecular weight is 314 g/mol. The van der Waals surface area contributed by atoms with Crippen LogP contribution in [0.1, 0.15) is 29.5 Å². The second-order valence-electron chi connectivity index (χ2n) is 4.55. The minimum atomic E-state index is 0.404. The maximum absolute atomic E-state index is 6.20. The van der Waals surface area contributed by atoms with E-state index in [0.29, 0.717) is 16.1 Å². The van der Waals surface area contributed by atoms with Gasteiger partial charge in [-0.3, -0.25) is 4.98 Å². The van der Waals surface area contributed by atoms with Gasteiger partial charge in [0, 0.05) is 17.1 Å². The predicted octanol–water partition coefficient (Wildman–Crippen LogP) is 4.11. The highest BCUT2D eigenvalue weighted by Crippen LogP contribution is 2.39. The molecule has 1 unspecified atom stereocenters. The Labute approximate surface area is 126 Å². The topological polar surface area (TPSA) is 37.8 Å². The Balaban J connectivity index is 2.05. The zero-order valence-electron chi connectivity index (χ0n) is 10.4. The van der Waals surface area contributed by atoms with Gasteiger partial charge in [0.25, 0.3) is 0 Å². The zero-order chi connectivity index (χ0) is 13.4. The number of nitrogens with one attached hydrogen (secondary N) is 1. The van der Waals surface area contributed by atoms with Crippen molar-refractivity contribution in [3.8, 4) is 10.7 Å². The molecule has 3 nitrogen and oxygen atoms in total. The molecule has 6 heteroatoms. The van der Waals surface area contributed by atoms with Gasteiger partial charge in [-0.2, -0.15) is 0 Å². The summed E-state index contributed by atoms with van der Waals surface area (Å²) in [6.07, 6.45) is 4.98. The SMILES string of the molecule is CNC1CCCc2nc(-c3ncc(Cl)cc3Cl)sc21. The lowest BCUT2D eigenvalue weighted by molar-refractivity contribution is 0.501. The smallest absolute Gasteiger partial charge is 0.143 e. The quantitative estimate of drug-likeness (QED) is 0.906. The van der Waals surface area contributed by atoms with E-state index in [4.69, 9.17) is 28.2 Å². The highest BCUT2D eigenvalue weighted by Gasteiger charge is 2.24. The fourth-order valence-electron chi connectivity index (χ4n) is 2.37. The summed E-state index contributed by atoms with van der Waals surface area (Å²) in [5.41, 5.74) is 1.90. The number of hydrogen-bond donors (Lipinski definition) is 1. The van der Waals surface area contributed by atoms with Crippen LogP contribution < -0.4 is 5.32 Å². The van der Waals surface area contributed by atoms with Crippen LogP contribution in [0.25, 0.3) is 10.7 Å². The summed E-state index contributed by atoms with van der Waals surface area (Å²) in [5.74, 6) is 0. The molecule has 1 aliphatic rings. The van der Waals surface area contributed by atoms with Crippen molar-refractivity contribution in [2.45, 2.75) is 25.3 Å². The number of halogens is 2. The van der Waals surface area contributed by atoms with Crippen molar-refractivity contribution in [2.24, 2.45) is 0 Å². The van der Waals surface area contributed by atoms with Crippen molar-refractivity contribution in [2.75, 3.05) is 7.05 Å². The van der Waals surface area contributed by atoms with Crippen LogP contribution in [0, 0.1) is 0 Å². The number of pyridine rings is 1. The molecular weight excluding hydrogens is 301 g/mol. The van der Waals surface area contributed by atoms with E-state index in [0.717, 1.165) is 23.5 Å². The number of aromatic nitrogens is 2. The molecule has 1 N–H and O–H groups in total. The van der Waals surface area contributed by atoms with Gasteiger partial charge in [0.2, 0.25) is 0 Å². The maximum atomic E-state index is 6.20. The zero-order valence-corrected chi connectivity index (χ0v) is 12.7. The molecule has 100 valence electrons. The van der Waals surface area contributed by atoms with E-state index in [1.165, 1.54) is 17.0 Å². The van der Waals surface area contributed by atoms with Crippen LogP contribution in [0.5, 0.6) is 0 Å². The normalized spacial score (nSPS) is 18.4. The van der Waals surface area contributed by atoms with Gasteiger partial charge < -0.3 is 5.32 Å². The largest absolute Gasteiger partial charge is 0.312 e. The number of aryl methyl sites for hydroxylation is 1. The van der Waals surface area contributed by atoms with E-state index in [2.05, 4.69) is 10.3 Å². The number of fused-ring (bicyclic) bond motifs is 1. The first-order valence-corrected chi connectivity index (χ1v) is 7.74. The van der Waals surface area contributed by atoms with Gasteiger partial charge in [0.15, 0.2) is 0 Å². The molecule has 0 saturated heterocycles. The minimum absolute atomic E-state index is 0.404. The Morgan fingerprint density at radius 2 is 2.26 bits per heavy atom. The van der Waals surface area contributed by atoms with Crippen LogP contribution in [0.4, 0.5) is 0 Å². The first kappa shape index (κ1) is 13.3. The Morgan fingerprint density at radius 3 is 3.00 bits per heavy atom. The molecule has 1 atom stereocenters. The number of nitrogens with zero attached hydrogens (tertiary/aromatic N) is 2. The van der Waals surface area contributed by atoms with E-state index in [9.17, 15) is 0 Å². The van der Waals surface area contributed by atoms with Gasteiger partial charge in [0.1, 0.15) is 10.7 Å². The minimum Gasteiger partial charge on any atom is -0.312 e. The number of rotatable bonds is 2. The summed E-state index contributed by atoms with van der Waals surface area (Å²) in [6.45, 7) is 0. The third-order valence-corrected chi connectivity index (χ3v) is 5.02. The van der Waals surface area contributed by atoms with Crippen molar-refractivity contribution in [3.63, 3.8) is 0 Å². The summed E-state index contributed by atoms with van der Waals surface area (Å²) >= 11 is 13.8. The van der Waals surface area contributed by atoms with E-state index < -0.39 is 0 Å². The average Bonchev–Trinajstić information content (AvgIpc) is 2.81. The third-order valence-electron chi connectivity index (χ3n) is 3.31. The Hall–Kier alpha value is -0.680. The van der Waals surface area contributed by atoms with Crippen LogP contribution in [-0.4, -0.2) is 17.0 Å². The molecule has 0 saturated carbocycles. The fourth-order valence-corrected chi connectivity index (χ4v) is 4.16. The third kappa shape index (κ3) is 2.50. The molecule has 0 bridgehead atoms. The van der Waals surface area contributed by atoms with Gasteiger partial charge >= 0.3 is 0 Å². The predicted molar refractivity (Wildman–Crippen MR) is 80.1 cm³/mol.